The number of carbonyl (C=O) groups excluding carboxylic acids is 1. The van der Waals surface area contributed by atoms with Crippen LogP contribution in [-0.4, -0.2) is 54.8 Å². The van der Waals surface area contributed by atoms with Gasteiger partial charge in [-0.3, -0.25) is 9.59 Å². The number of benzene rings is 1. The van der Waals surface area contributed by atoms with Crippen molar-refractivity contribution in [2.45, 2.75) is 12.5 Å². The molecule has 1 N–H and O–H groups in total. The summed E-state index contributed by atoms with van der Waals surface area (Å²) < 4.78 is 23.7. The molecule has 1 fully saturated rings. The number of carboxylic acids is 1. The highest BCUT2D eigenvalue weighted by Crippen LogP contribution is 2.23. The number of hydrogen-bond acceptors (Lipinski definition) is 4. The standard InChI is InChI=1S/C14H16FNO5/c1-20-12-3-2-9(15)6-11(12)14(19)16-4-5-21-8-10(16)7-13(17)18/h2-3,6,10H,4-5,7-8H2,1H3,(H,17,18)/t10-/m1/s1. The number of rotatable bonds is 4. The van der Waals surface area contributed by atoms with E-state index in [-0.39, 0.29) is 30.9 Å². The number of nitrogens with zero attached hydrogens (tertiary/aromatic N) is 1. The summed E-state index contributed by atoms with van der Waals surface area (Å²) in [5.41, 5.74) is 0.0785. The van der Waals surface area contributed by atoms with Crippen molar-refractivity contribution >= 4 is 11.9 Å². The third-order valence-electron chi connectivity index (χ3n) is 3.29. The first-order valence-corrected chi connectivity index (χ1v) is 6.47. The second kappa shape index (κ2) is 6.53. The van der Waals surface area contributed by atoms with Gasteiger partial charge in [-0.25, -0.2) is 4.39 Å². The van der Waals surface area contributed by atoms with E-state index in [1.165, 1.54) is 24.1 Å². The summed E-state index contributed by atoms with van der Waals surface area (Å²) >= 11 is 0. The average molecular weight is 297 g/mol. The van der Waals surface area contributed by atoms with Gasteiger partial charge in [0.15, 0.2) is 0 Å². The molecule has 1 aromatic carbocycles. The molecule has 1 saturated heterocycles. The minimum absolute atomic E-state index is 0.0785. The summed E-state index contributed by atoms with van der Waals surface area (Å²) in [6.07, 6.45) is -0.219. The fourth-order valence-electron chi connectivity index (χ4n) is 2.29. The number of ether oxygens (including phenoxy) is 2. The molecule has 0 unspecified atom stereocenters. The van der Waals surface area contributed by atoms with Crippen molar-refractivity contribution in [3.05, 3.63) is 29.6 Å². The maximum atomic E-state index is 13.4. The van der Waals surface area contributed by atoms with E-state index in [4.69, 9.17) is 14.6 Å². The van der Waals surface area contributed by atoms with Gasteiger partial charge in [0.2, 0.25) is 0 Å². The lowest BCUT2D eigenvalue weighted by Crippen LogP contribution is -2.49. The lowest BCUT2D eigenvalue weighted by molar-refractivity contribution is -0.139. The fraction of sp³-hybridized carbons (Fsp3) is 0.429. The summed E-state index contributed by atoms with van der Waals surface area (Å²) in [5, 5.41) is 8.90. The lowest BCUT2D eigenvalue weighted by atomic mass is 10.1. The predicted molar refractivity (Wildman–Crippen MR) is 70.8 cm³/mol. The van der Waals surface area contributed by atoms with Crippen LogP contribution in [0.25, 0.3) is 0 Å². The van der Waals surface area contributed by atoms with E-state index in [9.17, 15) is 14.0 Å². The molecular weight excluding hydrogens is 281 g/mol. The number of halogens is 1. The van der Waals surface area contributed by atoms with Crippen LogP contribution in [0.5, 0.6) is 5.75 Å². The van der Waals surface area contributed by atoms with Crippen LogP contribution in [0.15, 0.2) is 18.2 Å². The van der Waals surface area contributed by atoms with Gasteiger partial charge in [-0.1, -0.05) is 0 Å². The molecule has 21 heavy (non-hydrogen) atoms. The Morgan fingerprint density at radius 2 is 2.29 bits per heavy atom. The lowest BCUT2D eigenvalue weighted by Gasteiger charge is -2.35. The van der Waals surface area contributed by atoms with Crippen molar-refractivity contribution in [1.29, 1.82) is 0 Å². The van der Waals surface area contributed by atoms with E-state index < -0.39 is 23.7 Å². The van der Waals surface area contributed by atoms with Crippen LogP contribution < -0.4 is 4.74 Å². The Morgan fingerprint density at radius 1 is 1.52 bits per heavy atom. The van der Waals surface area contributed by atoms with Crippen LogP contribution in [0.4, 0.5) is 4.39 Å². The minimum atomic E-state index is -1.02. The van der Waals surface area contributed by atoms with E-state index in [0.717, 1.165) is 6.07 Å². The topological polar surface area (TPSA) is 76.1 Å². The van der Waals surface area contributed by atoms with Gasteiger partial charge in [-0.05, 0) is 18.2 Å². The van der Waals surface area contributed by atoms with Crippen LogP contribution in [-0.2, 0) is 9.53 Å². The van der Waals surface area contributed by atoms with Crippen molar-refractivity contribution < 1.29 is 28.6 Å². The van der Waals surface area contributed by atoms with E-state index in [1.807, 2.05) is 0 Å². The summed E-state index contributed by atoms with van der Waals surface area (Å²) in [5.74, 6) is -1.78. The maximum absolute atomic E-state index is 13.4. The van der Waals surface area contributed by atoms with Crippen molar-refractivity contribution in [3.63, 3.8) is 0 Å². The zero-order valence-electron chi connectivity index (χ0n) is 11.5. The number of carboxylic acid groups (broad SMARTS) is 1. The second-order valence-electron chi connectivity index (χ2n) is 4.67. The van der Waals surface area contributed by atoms with E-state index in [2.05, 4.69) is 0 Å². The molecule has 1 amide bonds. The Labute approximate surface area is 121 Å². The van der Waals surface area contributed by atoms with Crippen molar-refractivity contribution in [1.82, 2.24) is 4.90 Å². The quantitative estimate of drug-likeness (QED) is 0.902. The molecule has 1 heterocycles. The van der Waals surface area contributed by atoms with Crippen LogP contribution in [0.2, 0.25) is 0 Å². The Hall–Kier alpha value is -2.15. The third-order valence-corrected chi connectivity index (χ3v) is 3.29. The number of hydrogen-bond donors (Lipinski definition) is 1. The molecule has 0 saturated carbocycles. The molecule has 1 aliphatic heterocycles. The molecule has 0 aromatic heterocycles. The normalized spacial score (nSPS) is 18.4. The summed E-state index contributed by atoms with van der Waals surface area (Å²) in [6.45, 7) is 0.728. The number of aliphatic carboxylic acids is 1. The molecule has 114 valence electrons. The number of amides is 1. The highest BCUT2D eigenvalue weighted by Gasteiger charge is 2.31. The highest BCUT2D eigenvalue weighted by atomic mass is 19.1. The molecule has 1 aliphatic rings. The Morgan fingerprint density at radius 3 is 2.95 bits per heavy atom. The molecule has 2 rings (SSSR count). The average Bonchev–Trinajstić information content (AvgIpc) is 2.46. The van der Waals surface area contributed by atoms with E-state index in [0.29, 0.717) is 6.61 Å². The maximum Gasteiger partial charge on any atom is 0.305 e. The van der Waals surface area contributed by atoms with Crippen LogP contribution in [0.3, 0.4) is 0 Å². The number of morpholine rings is 1. The van der Waals surface area contributed by atoms with Crippen LogP contribution in [0.1, 0.15) is 16.8 Å². The van der Waals surface area contributed by atoms with E-state index >= 15 is 0 Å². The van der Waals surface area contributed by atoms with Gasteiger partial charge in [0.25, 0.3) is 5.91 Å². The van der Waals surface area contributed by atoms with Gasteiger partial charge in [-0.15, -0.1) is 0 Å². The Bertz CT molecular complexity index is 548. The van der Waals surface area contributed by atoms with Gasteiger partial charge in [0.05, 0.1) is 38.3 Å². The van der Waals surface area contributed by atoms with Gasteiger partial charge >= 0.3 is 5.97 Å². The molecule has 1 aromatic rings. The SMILES string of the molecule is COc1ccc(F)cc1C(=O)N1CCOC[C@H]1CC(=O)O. The molecule has 1 atom stereocenters. The zero-order chi connectivity index (χ0) is 15.4. The molecule has 0 spiro atoms. The fourth-order valence-corrected chi connectivity index (χ4v) is 2.29. The second-order valence-corrected chi connectivity index (χ2v) is 4.67. The molecular formula is C14H16FNO5. The van der Waals surface area contributed by atoms with Gasteiger partial charge in [-0.2, -0.15) is 0 Å². The molecule has 0 radical (unpaired) electrons. The van der Waals surface area contributed by atoms with Crippen LogP contribution in [0, 0.1) is 5.82 Å². The summed E-state index contributed by atoms with van der Waals surface area (Å²) in [6, 6.07) is 3.09. The molecule has 0 aliphatic carbocycles. The van der Waals surface area contributed by atoms with Crippen molar-refractivity contribution in [2.75, 3.05) is 26.9 Å². The summed E-state index contributed by atoms with van der Waals surface area (Å²) in [4.78, 5) is 24.8. The smallest absolute Gasteiger partial charge is 0.305 e. The van der Waals surface area contributed by atoms with E-state index in [1.54, 1.807) is 0 Å². The van der Waals surface area contributed by atoms with Crippen LogP contribution >= 0.6 is 0 Å². The van der Waals surface area contributed by atoms with Gasteiger partial charge < -0.3 is 19.5 Å². The molecule has 6 nitrogen and oxygen atoms in total. The third kappa shape index (κ3) is 3.49. The highest BCUT2D eigenvalue weighted by molar-refractivity contribution is 5.97. The minimum Gasteiger partial charge on any atom is -0.496 e. The van der Waals surface area contributed by atoms with Crippen molar-refractivity contribution in [2.24, 2.45) is 0 Å². The van der Waals surface area contributed by atoms with Gasteiger partial charge in [0.1, 0.15) is 11.6 Å². The monoisotopic (exact) mass is 297 g/mol. The Kier molecular flexibility index (Phi) is 4.74. The first-order chi connectivity index (χ1) is 10.0. The van der Waals surface area contributed by atoms with Crippen molar-refractivity contribution in [3.8, 4) is 5.75 Å². The number of carbonyl (C=O) groups is 2. The first-order valence-electron chi connectivity index (χ1n) is 6.47. The zero-order valence-corrected chi connectivity index (χ0v) is 11.5. The Balaban J connectivity index is 2.28. The molecule has 7 heteroatoms. The van der Waals surface area contributed by atoms with Gasteiger partial charge in [0, 0.05) is 6.54 Å². The summed E-state index contributed by atoms with van der Waals surface area (Å²) in [7, 11) is 1.39. The first kappa shape index (κ1) is 15.2. The predicted octanol–water partition coefficient (Wildman–Crippen LogP) is 1.15. The molecule has 0 bridgehead atoms. The number of methoxy groups -OCH3 is 1. The largest absolute Gasteiger partial charge is 0.496 e.